The molecule has 0 spiro atoms. The Kier molecular flexibility index (Phi) is 14.7. The van der Waals surface area contributed by atoms with Gasteiger partial charge in [-0.15, -0.1) is 0 Å². The monoisotopic (exact) mass is 262 g/mol. The Morgan fingerprint density at radius 1 is 0.889 bits per heavy atom. The molecule has 0 aliphatic heterocycles. The molecule has 0 unspecified atom stereocenters. The van der Waals surface area contributed by atoms with Gasteiger partial charge in [0.15, 0.2) is 0 Å². The first-order valence-corrected chi connectivity index (χ1v) is 6.85. The molecule has 0 rings (SSSR count). The summed E-state index contributed by atoms with van der Waals surface area (Å²) in [6, 6.07) is 0. The molecule has 18 heavy (non-hydrogen) atoms. The molecule has 0 aromatic heterocycles. The van der Waals surface area contributed by atoms with Gasteiger partial charge in [0.25, 0.3) is 0 Å². The van der Waals surface area contributed by atoms with Gasteiger partial charge in [-0.1, -0.05) is 6.92 Å². The number of nitrogens with zero attached hydrogens (tertiary/aromatic N) is 1. The summed E-state index contributed by atoms with van der Waals surface area (Å²) >= 11 is 0. The largest absolute Gasteiger partial charge is 0.382 e. The molecule has 0 radical (unpaired) electrons. The molecule has 0 atom stereocenters. The van der Waals surface area contributed by atoms with Crippen LogP contribution in [-0.4, -0.2) is 78.3 Å². The van der Waals surface area contributed by atoms with Gasteiger partial charge in [-0.3, -0.25) is 0 Å². The van der Waals surface area contributed by atoms with Gasteiger partial charge in [0.2, 0.25) is 0 Å². The molecule has 0 bridgehead atoms. The maximum atomic E-state index is 5.48. The molecule has 5 heteroatoms. The highest BCUT2D eigenvalue weighted by molar-refractivity contribution is 4.54. The van der Waals surface area contributed by atoms with Crippen LogP contribution in [0.15, 0.2) is 0 Å². The van der Waals surface area contributed by atoms with Gasteiger partial charge in [0.1, 0.15) is 0 Å². The van der Waals surface area contributed by atoms with E-state index < -0.39 is 0 Å². The van der Waals surface area contributed by atoms with Gasteiger partial charge in [-0.2, -0.15) is 0 Å². The average Bonchev–Trinajstić information content (AvgIpc) is 2.38. The van der Waals surface area contributed by atoms with E-state index in [0.29, 0.717) is 26.4 Å². The molecule has 0 fully saturated rings. The van der Waals surface area contributed by atoms with Crippen molar-refractivity contribution >= 4 is 0 Å². The zero-order valence-electron chi connectivity index (χ0n) is 12.2. The molecule has 1 N–H and O–H groups in total. The summed E-state index contributed by atoms with van der Waals surface area (Å²) in [6.45, 7) is 9.71. The van der Waals surface area contributed by atoms with E-state index in [1.165, 1.54) is 6.42 Å². The molecule has 0 saturated carbocycles. The van der Waals surface area contributed by atoms with Crippen molar-refractivity contribution in [3.8, 4) is 0 Å². The van der Waals surface area contributed by atoms with Gasteiger partial charge in [0, 0.05) is 26.7 Å². The van der Waals surface area contributed by atoms with Crippen LogP contribution in [0, 0.1) is 0 Å². The standard InChI is InChI=1S/C13H30N2O3/c1-4-5-14-6-7-15(2)8-9-17-12-13-18-11-10-16-3/h14H,4-13H2,1-3H3. The molecular weight excluding hydrogens is 232 g/mol. The Morgan fingerprint density at radius 2 is 1.56 bits per heavy atom. The van der Waals surface area contributed by atoms with Crippen molar-refractivity contribution in [2.24, 2.45) is 0 Å². The van der Waals surface area contributed by atoms with Crippen molar-refractivity contribution in [1.82, 2.24) is 10.2 Å². The third-order valence-electron chi connectivity index (χ3n) is 2.52. The highest BCUT2D eigenvalue weighted by Gasteiger charge is 1.97. The number of rotatable bonds is 14. The second-order valence-corrected chi connectivity index (χ2v) is 4.27. The fourth-order valence-corrected chi connectivity index (χ4v) is 1.37. The van der Waals surface area contributed by atoms with Crippen LogP contribution < -0.4 is 5.32 Å². The van der Waals surface area contributed by atoms with Crippen molar-refractivity contribution in [3.63, 3.8) is 0 Å². The minimum absolute atomic E-state index is 0.642. The number of hydrogen-bond donors (Lipinski definition) is 1. The lowest BCUT2D eigenvalue weighted by Crippen LogP contribution is -2.32. The topological polar surface area (TPSA) is 43.0 Å². The lowest BCUT2D eigenvalue weighted by molar-refractivity contribution is 0.0209. The van der Waals surface area contributed by atoms with Gasteiger partial charge < -0.3 is 24.4 Å². The summed E-state index contributed by atoms with van der Waals surface area (Å²) in [7, 11) is 3.79. The first-order chi connectivity index (χ1) is 8.81. The Balaban J connectivity index is 3.08. The molecule has 0 heterocycles. The molecule has 0 aromatic rings. The van der Waals surface area contributed by atoms with Crippen molar-refractivity contribution < 1.29 is 14.2 Å². The molecule has 0 aromatic carbocycles. The van der Waals surface area contributed by atoms with Crippen LogP contribution in [0.5, 0.6) is 0 Å². The van der Waals surface area contributed by atoms with Crippen LogP contribution in [0.1, 0.15) is 13.3 Å². The zero-order valence-corrected chi connectivity index (χ0v) is 12.2. The highest BCUT2D eigenvalue weighted by atomic mass is 16.5. The highest BCUT2D eigenvalue weighted by Crippen LogP contribution is 1.84. The predicted molar refractivity (Wildman–Crippen MR) is 74.2 cm³/mol. The van der Waals surface area contributed by atoms with Crippen LogP contribution in [0.25, 0.3) is 0 Å². The SMILES string of the molecule is CCCNCCN(C)CCOCCOCCOC. The Morgan fingerprint density at radius 3 is 2.22 bits per heavy atom. The average molecular weight is 262 g/mol. The summed E-state index contributed by atoms with van der Waals surface area (Å²) in [5.41, 5.74) is 0. The van der Waals surface area contributed by atoms with Gasteiger partial charge in [0.05, 0.1) is 33.0 Å². The minimum Gasteiger partial charge on any atom is -0.382 e. The number of ether oxygens (including phenoxy) is 3. The third-order valence-corrected chi connectivity index (χ3v) is 2.52. The molecule has 0 aliphatic carbocycles. The molecule has 0 amide bonds. The van der Waals surface area contributed by atoms with Gasteiger partial charge >= 0.3 is 0 Å². The van der Waals surface area contributed by atoms with Crippen molar-refractivity contribution in [1.29, 1.82) is 0 Å². The van der Waals surface area contributed by atoms with E-state index in [2.05, 4.69) is 24.2 Å². The lowest BCUT2D eigenvalue weighted by Gasteiger charge is -2.16. The number of likely N-dealkylation sites (N-methyl/N-ethyl adjacent to an activating group) is 1. The summed E-state index contributed by atoms with van der Waals surface area (Å²) in [5, 5.41) is 3.38. The van der Waals surface area contributed by atoms with E-state index in [-0.39, 0.29) is 0 Å². The summed E-state index contributed by atoms with van der Waals surface area (Å²) in [4.78, 5) is 2.27. The lowest BCUT2D eigenvalue weighted by atomic mass is 10.4. The Bertz CT molecular complexity index is 159. The van der Waals surface area contributed by atoms with Crippen LogP contribution in [0.2, 0.25) is 0 Å². The zero-order chi connectivity index (χ0) is 13.5. The molecular formula is C13H30N2O3. The van der Waals surface area contributed by atoms with Gasteiger partial charge in [-0.05, 0) is 20.0 Å². The predicted octanol–water partition coefficient (Wildman–Crippen LogP) is 0.597. The minimum atomic E-state index is 0.642. The van der Waals surface area contributed by atoms with E-state index in [1.807, 2.05) is 0 Å². The summed E-state index contributed by atoms with van der Waals surface area (Å²) in [5.74, 6) is 0. The normalized spacial score (nSPS) is 11.3. The van der Waals surface area contributed by atoms with Gasteiger partial charge in [-0.25, -0.2) is 0 Å². The van der Waals surface area contributed by atoms with E-state index in [0.717, 1.165) is 32.8 Å². The van der Waals surface area contributed by atoms with Crippen molar-refractivity contribution in [2.75, 3.05) is 73.4 Å². The maximum absolute atomic E-state index is 5.48. The van der Waals surface area contributed by atoms with Crippen molar-refractivity contribution in [3.05, 3.63) is 0 Å². The Labute approximate surface area is 112 Å². The maximum Gasteiger partial charge on any atom is 0.0701 e. The van der Waals surface area contributed by atoms with Crippen LogP contribution in [0.3, 0.4) is 0 Å². The fraction of sp³-hybridized carbons (Fsp3) is 1.00. The number of methoxy groups -OCH3 is 1. The van der Waals surface area contributed by atoms with E-state index in [9.17, 15) is 0 Å². The van der Waals surface area contributed by atoms with Crippen LogP contribution >= 0.6 is 0 Å². The number of hydrogen-bond acceptors (Lipinski definition) is 5. The first kappa shape index (κ1) is 17.8. The molecule has 0 aliphatic rings. The van der Waals surface area contributed by atoms with Crippen LogP contribution in [0.4, 0.5) is 0 Å². The van der Waals surface area contributed by atoms with E-state index in [4.69, 9.17) is 14.2 Å². The number of nitrogens with one attached hydrogen (secondary N) is 1. The Hall–Kier alpha value is -0.200. The van der Waals surface area contributed by atoms with E-state index in [1.54, 1.807) is 7.11 Å². The van der Waals surface area contributed by atoms with E-state index >= 15 is 0 Å². The van der Waals surface area contributed by atoms with Crippen molar-refractivity contribution in [2.45, 2.75) is 13.3 Å². The molecule has 5 nitrogen and oxygen atoms in total. The summed E-state index contributed by atoms with van der Waals surface area (Å²) in [6.07, 6.45) is 1.19. The second kappa shape index (κ2) is 14.9. The second-order valence-electron chi connectivity index (χ2n) is 4.27. The smallest absolute Gasteiger partial charge is 0.0701 e. The quantitative estimate of drug-likeness (QED) is 0.464. The summed E-state index contributed by atoms with van der Waals surface area (Å²) < 4.78 is 15.7. The fourth-order valence-electron chi connectivity index (χ4n) is 1.37. The first-order valence-electron chi connectivity index (χ1n) is 6.85. The van der Waals surface area contributed by atoms with Crippen LogP contribution in [-0.2, 0) is 14.2 Å². The third kappa shape index (κ3) is 13.9. The molecule has 110 valence electrons. The molecule has 0 saturated heterocycles.